The van der Waals surface area contributed by atoms with Crippen molar-refractivity contribution < 1.29 is 14.3 Å². The van der Waals surface area contributed by atoms with Crippen molar-refractivity contribution in [3.05, 3.63) is 29.3 Å². The molecule has 0 aliphatic carbocycles. The molecule has 0 radical (unpaired) electrons. The summed E-state index contributed by atoms with van der Waals surface area (Å²) in [5, 5.41) is 0. The van der Waals surface area contributed by atoms with Gasteiger partial charge >= 0.3 is 0 Å². The molecule has 1 aliphatic rings. The Balaban J connectivity index is 1.99. The quantitative estimate of drug-likeness (QED) is 0.885. The summed E-state index contributed by atoms with van der Waals surface area (Å²) in [6.45, 7) is 4.52. The highest BCUT2D eigenvalue weighted by Gasteiger charge is 2.24. The average molecular weight is 305 g/mol. The van der Waals surface area contributed by atoms with Crippen LogP contribution in [0.5, 0.6) is 5.75 Å². The van der Waals surface area contributed by atoms with Crippen LogP contribution in [-0.2, 0) is 4.79 Å². The Kier molecular flexibility index (Phi) is 5.38. The molecule has 120 valence electrons. The Morgan fingerprint density at radius 2 is 1.82 bits per heavy atom. The predicted molar refractivity (Wildman–Crippen MR) is 83.9 cm³/mol. The number of rotatable bonds is 4. The van der Waals surface area contributed by atoms with Gasteiger partial charge in [0.05, 0.1) is 7.11 Å². The molecule has 0 spiro atoms. The molecular weight excluding hydrogens is 282 g/mol. The van der Waals surface area contributed by atoms with E-state index in [1.165, 1.54) is 0 Å². The van der Waals surface area contributed by atoms with Gasteiger partial charge in [0.1, 0.15) is 5.75 Å². The fraction of sp³-hybridized carbons (Fsp3) is 0.500. The molecule has 1 saturated heterocycles. The summed E-state index contributed by atoms with van der Waals surface area (Å²) in [6, 6.07) is 5.46. The molecule has 1 aliphatic heterocycles. The number of ether oxygens (including phenoxy) is 1. The zero-order valence-corrected chi connectivity index (χ0v) is 13.2. The van der Waals surface area contributed by atoms with Crippen molar-refractivity contribution in [2.24, 2.45) is 5.73 Å². The molecule has 6 nitrogen and oxygen atoms in total. The van der Waals surface area contributed by atoms with Crippen LogP contribution in [-0.4, -0.2) is 61.4 Å². The van der Waals surface area contributed by atoms with Gasteiger partial charge < -0.3 is 20.3 Å². The van der Waals surface area contributed by atoms with Gasteiger partial charge in [0.2, 0.25) is 5.91 Å². The van der Waals surface area contributed by atoms with Crippen LogP contribution < -0.4 is 10.5 Å². The monoisotopic (exact) mass is 305 g/mol. The molecule has 0 unspecified atom stereocenters. The number of carbonyl (C=O) groups excluding carboxylic acids is 2. The summed E-state index contributed by atoms with van der Waals surface area (Å²) in [4.78, 5) is 27.9. The highest BCUT2D eigenvalue weighted by Crippen LogP contribution is 2.20. The minimum absolute atomic E-state index is 0.0239. The molecule has 6 heteroatoms. The highest BCUT2D eigenvalue weighted by atomic mass is 16.5. The first-order chi connectivity index (χ1) is 10.6. The molecule has 1 aromatic rings. The first-order valence-corrected chi connectivity index (χ1v) is 7.48. The Morgan fingerprint density at radius 1 is 1.18 bits per heavy atom. The summed E-state index contributed by atoms with van der Waals surface area (Å²) in [5.74, 6) is 0.749. The molecule has 0 atom stereocenters. The minimum atomic E-state index is -0.0239. The molecule has 0 bridgehead atoms. The number of hydrogen-bond donors (Lipinski definition) is 1. The van der Waals surface area contributed by atoms with E-state index in [0.717, 1.165) is 5.56 Å². The van der Waals surface area contributed by atoms with Crippen LogP contribution in [0.4, 0.5) is 0 Å². The lowest BCUT2D eigenvalue weighted by molar-refractivity contribution is -0.132. The summed E-state index contributed by atoms with van der Waals surface area (Å²) < 4.78 is 5.26. The van der Waals surface area contributed by atoms with Gasteiger partial charge in [-0.1, -0.05) is 6.07 Å². The second-order valence-electron chi connectivity index (χ2n) is 5.40. The first kappa shape index (κ1) is 16.3. The number of amides is 2. The molecule has 0 saturated carbocycles. The first-order valence-electron chi connectivity index (χ1n) is 7.48. The normalized spacial score (nSPS) is 14.9. The van der Waals surface area contributed by atoms with Crippen LogP contribution in [0.2, 0.25) is 0 Å². The van der Waals surface area contributed by atoms with E-state index in [9.17, 15) is 9.59 Å². The summed E-state index contributed by atoms with van der Waals surface area (Å²) in [7, 11) is 1.60. The third kappa shape index (κ3) is 3.57. The molecule has 22 heavy (non-hydrogen) atoms. The van der Waals surface area contributed by atoms with Crippen molar-refractivity contribution in [3.8, 4) is 5.75 Å². The van der Waals surface area contributed by atoms with Crippen LogP contribution in [0.3, 0.4) is 0 Å². The van der Waals surface area contributed by atoms with Gasteiger partial charge in [-0.3, -0.25) is 9.59 Å². The third-order valence-corrected chi connectivity index (χ3v) is 3.93. The zero-order valence-electron chi connectivity index (χ0n) is 13.2. The van der Waals surface area contributed by atoms with Crippen LogP contribution in [0.15, 0.2) is 18.2 Å². The van der Waals surface area contributed by atoms with Crippen molar-refractivity contribution in [2.45, 2.75) is 13.3 Å². The number of carbonyl (C=O) groups is 2. The van der Waals surface area contributed by atoms with Gasteiger partial charge in [0.15, 0.2) is 0 Å². The van der Waals surface area contributed by atoms with Crippen molar-refractivity contribution in [1.82, 2.24) is 9.80 Å². The Morgan fingerprint density at radius 3 is 2.41 bits per heavy atom. The molecule has 2 amide bonds. The average Bonchev–Trinajstić information content (AvgIpc) is 2.55. The second-order valence-corrected chi connectivity index (χ2v) is 5.40. The van der Waals surface area contributed by atoms with E-state index in [4.69, 9.17) is 10.5 Å². The number of nitrogens with zero attached hydrogens (tertiary/aromatic N) is 2. The topological polar surface area (TPSA) is 75.9 Å². The SMILES string of the molecule is COc1cc(C(=O)N2CCN(C(=O)CCN)CC2)ccc1C. The summed E-state index contributed by atoms with van der Waals surface area (Å²) in [6.07, 6.45) is 0.364. The third-order valence-electron chi connectivity index (χ3n) is 3.93. The molecule has 1 fully saturated rings. The zero-order chi connectivity index (χ0) is 16.1. The molecule has 1 heterocycles. The van der Waals surface area contributed by atoms with Gasteiger partial charge in [0, 0.05) is 44.7 Å². The maximum Gasteiger partial charge on any atom is 0.254 e. The number of aryl methyl sites for hydroxylation is 1. The van der Waals surface area contributed by atoms with Gasteiger partial charge in [0.25, 0.3) is 5.91 Å². The van der Waals surface area contributed by atoms with Gasteiger partial charge in [-0.25, -0.2) is 0 Å². The number of methoxy groups -OCH3 is 1. The minimum Gasteiger partial charge on any atom is -0.496 e. The fourth-order valence-electron chi connectivity index (χ4n) is 2.58. The standard InChI is InChI=1S/C16H23N3O3/c1-12-3-4-13(11-14(12)22-2)16(21)19-9-7-18(8-10-19)15(20)5-6-17/h3-4,11H,5-10,17H2,1-2H3. The second kappa shape index (κ2) is 7.26. The van der Waals surface area contributed by atoms with Gasteiger partial charge in [-0.15, -0.1) is 0 Å². The van der Waals surface area contributed by atoms with E-state index in [-0.39, 0.29) is 11.8 Å². The highest BCUT2D eigenvalue weighted by molar-refractivity contribution is 5.95. The van der Waals surface area contributed by atoms with Crippen LogP contribution in [0.25, 0.3) is 0 Å². The van der Waals surface area contributed by atoms with Gasteiger partial charge in [-0.05, 0) is 24.6 Å². The Labute approximate surface area is 130 Å². The molecule has 2 rings (SSSR count). The van der Waals surface area contributed by atoms with Crippen molar-refractivity contribution in [2.75, 3.05) is 39.8 Å². The van der Waals surface area contributed by atoms with Crippen molar-refractivity contribution in [1.29, 1.82) is 0 Å². The van der Waals surface area contributed by atoms with E-state index < -0.39 is 0 Å². The lowest BCUT2D eigenvalue weighted by Gasteiger charge is -2.35. The lowest BCUT2D eigenvalue weighted by atomic mass is 10.1. The van der Waals surface area contributed by atoms with E-state index in [2.05, 4.69) is 0 Å². The molecule has 0 aromatic heterocycles. The molecule has 1 aromatic carbocycles. The number of hydrogen-bond acceptors (Lipinski definition) is 4. The van der Waals surface area contributed by atoms with Crippen LogP contribution in [0, 0.1) is 6.92 Å². The fourth-order valence-corrected chi connectivity index (χ4v) is 2.58. The number of nitrogens with two attached hydrogens (primary N) is 1. The van der Waals surface area contributed by atoms with Crippen molar-refractivity contribution in [3.63, 3.8) is 0 Å². The van der Waals surface area contributed by atoms with E-state index in [1.54, 1.807) is 23.0 Å². The van der Waals surface area contributed by atoms with Gasteiger partial charge in [-0.2, -0.15) is 0 Å². The summed E-state index contributed by atoms with van der Waals surface area (Å²) in [5.41, 5.74) is 7.01. The van der Waals surface area contributed by atoms with Crippen molar-refractivity contribution >= 4 is 11.8 Å². The maximum atomic E-state index is 12.5. The largest absolute Gasteiger partial charge is 0.496 e. The molecule has 2 N–H and O–H groups in total. The van der Waals surface area contributed by atoms with Crippen LogP contribution in [0.1, 0.15) is 22.3 Å². The lowest BCUT2D eigenvalue weighted by Crippen LogP contribution is -2.50. The Bertz CT molecular complexity index is 552. The van der Waals surface area contributed by atoms with E-state index >= 15 is 0 Å². The number of benzene rings is 1. The predicted octanol–water partition coefficient (Wildman–Crippen LogP) is 0.637. The van der Waals surface area contributed by atoms with Crippen LogP contribution >= 0.6 is 0 Å². The number of piperazine rings is 1. The summed E-state index contributed by atoms with van der Waals surface area (Å²) >= 11 is 0. The maximum absolute atomic E-state index is 12.5. The van der Waals surface area contributed by atoms with E-state index in [1.807, 2.05) is 19.1 Å². The molecular formula is C16H23N3O3. The Hall–Kier alpha value is -2.08. The van der Waals surface area contributed by atoms with E-state index in [0.29, 0.717) is 50.5 Å². The smallest absolute Gasteiger partial charge is 0.254 e.